The maximum Gasteiger partial charge on any atom is 0.242 e. The summed E-state index contributed by atoms with van der Waals surface area (Å²) < 4.78 is 29.1. The van der Waals surface area contributed by atoms with Gasteiger partial charge in [-0.2, -0.15) is 0 Å². The average Bonchev–Trinajstić information content (AvgIpc) is 3.06. The first-order chi connectivity index (χ1) is 9.96. The molecule has 7 heteroatoms. The van der Waals surface area contributed by atoms with Crippen molar-refractivity contribution in [2.75, 3.05) is 0 Å². The fourth-order valence-corrected chi connectivity index (χ4v) is 4.35. The van der Waals surface area contributed by atoms with Gasteiger partial charge < -0.3 is 9.67 Å². The summed E-state index contributed by atoms with van der Waals surface area (Å²) in [4.78, 5) is 1.35. The highest BCUT2D eigenvalue weighted by Gasteiger charge is 2.20. The van der Waals surface area contributed by atoms with E-state index in [1.807, 2.05) is 31.4 Å². The summed E-state index contributed by atoms with van der Waals surface area (Å²) in [5.41, 5.74) is 0.601. The number of hydrogen-bond donors (Lipinski definition) is 2. The Kier molecular flexibility index (Phi) is 5.21. The van der Waals surface area contributed by atoms with Crippen LogP contribution >= 0.6 is 11.3 Å². The van der Waals surface area contributed by atoms with Gasteiger partial charge in [0.25, 0.3) is 0 Å². The number of rotatable bonds is 7. The number of hydrogen-bond acceptors (Lipinski definition) is 4. The second kappa shape index (κ2) is 6.74. The van der Waals surface area contributed by atoms with Crippen molar-refractivity contribution in [2.45, 2.75) is 44.4 Å². The quantitative estimate of drug-likeness (QED) is 0.816. The van der Waals surface area contributed by atoms with Crippen LogP contribution in [0.25, 0.3) is 0 Å². The molecule has 2 rings (SSSR count). The predicted octanol–water partition coefficient (Wildman–Crippen LogP) is 1.97. The van der Waals surface area contributed by atoms with Crippen molar-refractivity contribution in [1.29, 1.82) is 0 Å². The Morgan fingerprint density at radius 3 is 2.76 bits per heavy atom. The molecular formula is C14H20N2O3S2. The van der Waals surface area contributed by atoms with E-state index in [4.69, 9.17) is 0 Å². The minimum atomic E-state index is -3.56. The summed E-state index contributed by atoms with van der Waals surface area (Å²) in [6.07, 6.45) is 2.23. The fraction of sp³-hybridized carbons (Fsp3) is 0.429. The zero-order valence-electron chi connectivity index (χ0n) is 12.1. The van der Waals surface area contributed by atoms with Crippen molar-refractivity contribution < 1.29 is 13.5 Å². The van der Waals surface area contributed by atoms with Crippen LogP contribution in [0.1, 0.15) is 24.4 Å². The Balaban J connectivity index is 2.12. The summed E-state index contributed by atoms with van der Waals surface area (Å²) in [5, 5.41) is 11.2. The van der Waals surface area contributed by atoms with Gasteiger partial charge >= 0.3 is 0 Å². The number of aliphatic hydroxyl groups excluding tert-OH is 1. The molecule has 0 bridgehead atoms. The lowest BCUT2D eigenvalue weighted by Crippen LogP contribution is -2.33. The summed E-state index contributed by atoms with van der Waals surface area (Å²) >= 11 is 1.61. The van der Waals surface area contributed by atoms with Crippen molar-refractivity contribution in [3.05, 3.63) is 40.3 Å². The Labute approximate surface area is 129 Å². The molecule has 0 saturated heterocycles. The number of aryl methyl sites for hydroxylation is 1. The SMILES string of the molecule is CCn1cc(S(=O)(=O)NC(C)Cc2cccs2)cc1CO. The summed E-state index contributed by atoms with van der Waals surface area (Å²) in [5.74, 6) is 0. The van der Waals surface area contributed by atoms with E-state index in [0.29, 0.717) is 18.7 Å². The predicted molar refractivity (Wildman–Crippen MR) is 83.8 cm³/mol. The van der Waals surface area contributed by atoms with Gasteiger partial charge in [0.2, 0.25) is 10.0 Å². The van der Waals surface area contributed by atoms with Crippen LogP contribution in [0.2, 0.25) is 0 Å². The van der Waals surface area contributed by atoms with Crippen LogP contribution in [0.5, 0.6) is 0 Å². The molecule has 5 nitrogen and oxygen atoms in total. The monoisotopic (exact) mass is 328 g/mol. The van der Waals surface area contributed by atoms with Crippen molar-refractivity contribution in [3.63, 3.8) is 0 Å². The van der Waals surface area contributed by atoms with Gasteiger partial charge in [-0.15, -0.1) is 11.3 Å². The molecule has 2 aromatic rings. The first-order valence-electron chi connectivity index (χ1n) is 6.81. The molecule has 21 heavy (non-hydrogen) atoms. The molecule has 0 spiro atoms. The van der Waals surface area contributed by atoms with Gasteiger partial charge in [-0.05, 0) is 37.8 Å². The van der Waals surface area contributed by atoms with E-state index in [0.717, 1.165) is 4.88 Å². The molecule has 0 radical (unpaired) electrons. The van der Waals surface area contributed by atoms with Crippen LogP contribution in [0.3, 0.4) is 0 Å². The van der Waals surface area contributed by atoms with E-state index in [-0.39, 0.29) is 17.5 Å². The zero-order chi connectivity index (χ0) is 15.5. The molecular weight excluding hydrogens is 308 g/mol. The highest BCUT2D eigenvalue weighted by atomic mass is 32.2. The van der Waals surface area contributed by atoms with Crippen LogP contribution in [-0.4, -0.2) is 24.1 Å². The molecule has 0 amide bonds. The van der Waals surface area contributed by atoms with Gasteiger partial charge in [0.1, 0.15) is 0 Å². The lowest BCUT2D eigenvalue weighted by atomic mass is 10.2. The van der Waals surface area contributed by atoms with Gasteiger partial charge in [0.15, 0.2) is 0 Å². The number of nitrogens with one attached hydrogen (secondary N) is 1. The van der Waals surface area contributed by atoms with Gasteiger partial charge in [-0.25, -0.2) is 13.1 Å². The fourth-order valence-electron chi connectivity index (χ4n) is 2.20. The number of aromatic nitrogens is 1. The molecule has 1 unspecified atom stereocenters. The molecule has 2 aromatic heterocycles. The normalized spacial score (nSPS) is 13.5. The minimum Gasteiger partial charge on any atom is -0.390 e. The molecule has 0 aromatic carbocycles. The third-order valence-corrected chi connectivity index (χ3v) is 5.67. The Hall–Kier alpha value is -1.15. The first-order valence-corrected chi connectivity index (χ1v) is 9.17. The van der Waals surface area contributed by atoms with Crippen molar-refractivity contribution in [1.82, 2.24) is 9.29 Å². The van der Waals surface area contributed by atoms with E-state index >= 15 is 0 Å². The zero-order valence-corrected chi connectivity index (χ0v) is 13.7. The van der Waals surface area contributed by atoms with Crippen molar-refractivity contribution in [3.8, 4) is 0 Å². The smallest absolute Gasteiger partial charge is 0.242 e. The van der Waals surface area contributed by atoms with Crippen LogP contribution < -0.4 is 4.72 Å². The van der Waals surface area contributed by atoms with Crippen molar-refractivity contribution in [2.24, 2.45) is 0 Å². The van der Waals surface area contributed by atoms with E-state index in [9.17, 15) is 13.5 Å². The number of sulfonamides is 1. The van der Waals surface area contributed by atoms with E-state index in [2.05, 4.69) is 4.72 Å². The van der Waals surface area contributed by atoms with Crippen LogP contribution in [0, 0.1) is 0 Å². The highest BCUT2D eigenvalue weighted by Crippen LogP contribution is 2.17. The van der Waals surface area contributed by atoms with E-state index < -0.39 is 10.0 Å². The van der Waals surface area contributed by atoms with Crippen LogP contribution in [0.4, 0.5) is 0 Å². The molecule has 0 fully saturated rings. The van der Waals surface area contributed by atoms with Crippen molar-refractivity contribution >= 4 is 21.4 Å². The molecule has 0 aliphatic rings. The number of thiophene rings is 1. The largest absolute Gasteiger partial charge is 0.390 e. The first kappa shape index (κ1) is 16.2. The van der Waals surface area contributed by atoms with Gasteiger partial charge in [-0.1, -0.05) is 6.07 Å². The molecule has 0 aliphatic carbocycles. The molecule has 0 aliphatic heterocycles. The molecule has 2 heterocycles. The molecule has 2 N–H and O–H groups in total. The Bertz CT molecular complexity index is 654. The minimum absolute atomic E-state index is 0.173. The summed E-state index contributed by atoms with van der Waals surface area (Å²) in [6.45, 7) is 4.20. The van der Waals surface area contributed by atoms with Gasteiger partial charge in [0.05, 0.1) is 11.5 Å². The van der Waals surface area contributed by atoms with Gasteiger partial charge in [0, 0.05) is 29.4 Å². The second-order valence-electron chi connectivity index (χ2n) is 4.92. The Morgan fingerprint density at radius 1 is 1.48 bits per heavy atom. The average molecular weight is 328 g/mol. The molecule has 116 valence electrons. The summed E-state index contributed by atoms with van der Waals surface area (Å²) in [7, 11) is -3.56. The summed E-state index contributed by atoms with van der Waals surface area (Å²) in [6, 6.07) is 5.28. The number of nitrogens with zero attached hydrogens (tertiary/aromatic N) is 1. The standard InChI is InChI=1S/C14H20N2O3S2/c1-3-16-9-14(8-12(16)10-17)21(18,19)15-11(2)7-13-5-4-6-20-13/h4-6,8-9,11,15,17H,3,7,10H2,1-2H3. The molecule has 1 atom stereocenters. The van der Waals surface area contributed by atoms with Crippen LogP contribution in [0.15, 0.2) is 34.7 Å². The Morgan fingerprint density at radius 2 is 2.24 bits per heavy atom. The maximum atomic E-state index is 12.4. The second-order valence-corrected chi connectivity index (χ2v) is 7.66. The highest BCUT2D eigenvalue weighted by molar-refractivity contribution is 7.89. The third-order valence-electron chi connectivity index (χ3n) is 3.22. The number of aliphatic hydroxyl groups is 1. The third kappa shape index (κ3) is 3.94. The van der Waals surface area contributed by atoms with E-state index in [1.54, 1.807) is 22.1 Å². The van der Waals surface area contributed by atoms with Crippen LogP contribution in [-0.2, 0) is 29.6 Å². The molecule has 0 saturated carbocycles. The lowest BCUT2D eigenvalue weighted by Gasteiger charge is -2.12. The topological polar surface area (TPSA) is 71.3 Å². The lowest BCUT2D eigenvalue weighted by molar-refractivity contribution is 0.271. The van der Waals surface area contributed by atoms with E-state index in [1.165, 1.54) is 6.07 Å². The van der Waals surface area contributed by atoms with Gasteiger partial charge in [-0.3, -0.25) is 0 Å². The maximum absolute atomic E-state index is 12.4.